The number of fused-ring (bicyclic) bond motifs is 1. The highest BCUT2D eigenvalue weighted by Gasteiger charge is 2.12. The third-order valence-corrected chi connectivity index (χ3v) is 4.79. The molecule has 3 aromatic rings. The molecule has 1 N–H and O–H groups in total. The number of carbonyl (C=O) groups is 1. The highest BCUT2D eigenvalue weighted by Crippen LogP contribution is 2.25. The van der Waals surface area contributed by atoms with Crippen LogP contribution in [0.5, 0.6) is 0 Å². The third kappa shape index (κ3) is 2.90. The number of nitrogens with one attached hydrogen (secondary N) is 1. The van der Waals surface area contributed by atoms with Gasteiger partial charge in [0.2, 0.25) is 0 Å². The maximum absolute atomic E-state index is 12.3. The summed E-state index contributed by atoms with van der Waals surface area (Å²) in [5.74, 6) is -0.197. The number of nitrogens with zero attached hydrogens (tertiary/aromatic N) is 3. The van der Waals surface area contributed by atoms with Gasteiger partial charge in [0.05, 0.1) is 17.5 Å². The van der Waals surface area contributed by atoms with Gasteiger partial charge in [0.1, 0.15) is 0 Å². The molecule has 1 amide bonds. The monoisotopic (exact) mass is 326 g/mol. The van der Waals surface area contributed by atoms with Crippen molar-refractivity contribution in [2.45, 2.75) is 27.3 Å². The Morgan fingerprint density at radius 3 is 2.91 bits per heavy atom. The minimum absolute atomic E-state index is 0.197. The Balaban J connectivity index is 1.78. The number of hydrazone groups is 1. The maximum Gasteiger partial charge on any atom is 0.272 e. The second-order valence-corrected chi connectivity index (χ2v) is 6.16. The van der Waals surface area contributed by atoms with Crippen LogP contribution in [-0.2, 0) is 6.54 Å². The second kappa shape index (κ2) is 6.34. The van der Waals surface area contributed by atoms with E-state index in [1.807, 2.05) is 55.1 Å². The van der Waals surface area contributed by atoms with Crippen LogP contribution in [0.4, 0.5) is 0 Å². The van der Waals surface area contributed by atoms with Crippen molar-refractivity contribution in [2.24, 2.45) is 5.10 Å². The van der Waals surface area contributed by atoms with Crippen molar-refractivity contribution in [3.8, 4) is 0 Å². The molecule has 0 fully saturated rings. The van der Waals surface area contributed by atoms with Crippen molar-refractivity contribution in [1.29, 1.82) is 0 Å². The summed E-state index contributed by atoms with van der Waals surface area (Å²) in [5, 5.41) is 11.3. The van der Waals surface area contributed by atoms with Gasteiger partial charge in [-0.1, -0.05) is 18.2 Å². The fourth-order valence-corrected chi connectivity index (χ4v) is 3.52. The SMILES string of the molecule is CCn1nc(C)c(C=NNC(=O)c2csc3ccccc23)c1C. The van der Waals surface area contributed by atoms with Crippen LogP contribution in [0.3, 0.4) is 0 Å². The number of benzene rings is 1. The van der Waals surface area contributed by atoms with Gasteiger partial charge in [-0.25, -0.2) is 5.43 Å². The molecule has 3 rings (SSSR count). The largest absolute Gasteiger partial charge is 0.272 e. The molecule has 2 aromatic heterocycles. The van der Waals surface area contributed by atoms with E-state index in [4.69, 9.17) is 0 Å². The maximum atomic E-state index is 12.3. The molecule has 0 aliphatic rings. The van der Waals surface area contributed by atoms with E-state index < -0.39 is 0 Å². The summed E-state index contributed by atoms with van der Waals surface area (Å²) in [4.78, 5) is 12.3. The Labute approximate surface area is 138 Å². The van der Waals surface area contributed by atoms with E-state index in [1.165, 1.54) is 0 Å². The lowest BCUT2D eigenvalue weighted by atomic mass is 10.2. The number of aromatic nitrogens is 2. The smallest absolute Gasteiger partial charge is 0.269 e. The molecule has 1 aromatic carbocycles. The van der Waals surface area contributed by atoms with Gasteiger partial charge in [0, 0.05) is 33.3 Å². The Kier molecular flexibility index (Phi) is 4.25. The number of rotatable bonds is 4. The van der Waals surface area contributed by atoms with Gasteiger partial charge in [-0.2, -0.15) is 10.2 Å². The van der Waals surface area contributed by atoms with Gasteiger partial charge in [-0.15, -0.1) is 11.3 Å². The predicted molar refractivity (Wildman–Crippen MR) is 94.3 cm³/mol. The minimum atomic E-state index is -0.197. The Hall–Kier alpha value is -2.47. The van der Waals surface area contributed by atoms with E-state index in [-0.39, 0.29) is 5.91 Å². The van der Waals surface area contributed by atoms with Crippen LogP contribution in [0.1, 0.15) is 34.2 Å². The number of amides is 1. The van der Waals surface area contributed by atoms with Crippen LogP contribution in [0.25, 0.3) is 10.1 Å². The molecule has 0 unspecified atom stereocenters. The van der Waals surface area contributed by atoms with Gasteiger partial charge in [0.15, 0.2) is 0 Å². The summed E-state index contributed by atoms with van der Waals surface area (Å²) in [6, 6.07) is 7.85. The zero-order valence-electron chi connectivity index (χ0n) is 13.3. The van der Waals surface area contributed by atoms with Crippen LogP contribution in [0, 0.1) is 13.8 Å². The summed E-state index contributed by atoms with van der Waals surface area (Å²) in [6.07, 6.45) is 1.66. The Morgan fingerprint density at radius 2 is 2.17 bits per heavy atom. The first-order valence-electron chi connectivity index (χ1n) is 7.45. The molecule has 2 heterocycles. The Bertz CT molecular complexity index is 891. The normalized spacial score (nSPS) is 11.4. The standard InChI is InChI=1S/C17H18N4OS/c1-4-21-12(3)14(11(2)20-21)9-18-19-17(22)15-10-23-16-8-6-5-7-13(15)16/h5-10H,4H2,1-3H3,(H,19,22). The minimum Gasteiger partial charge on any atom is -0.269 e. The number of thiophene rings is 1. The summed E-state index contributed by atoms with van der Waals surface area (Å²) in [7, 11) is 0. The molecule has 0 aliphatic carbocycles. The van der Waals surface area contributed by atoms with Gasteiger partial charge in [0.25, 0.3) is 5.91 Å². The zero-order valence-corrected chi connectivity index (χ0v) is 14.1. The average molecular weight is 326 g/mol. The molecule has 0 bridgehead atoms. The lowest BCUT2D eigenvalue weighted by molar-refractivity contribution is 0.0957. The van der Waals surface area contributed by atoms with Gasteiger partial charge in [-0.05, 0) is 26.8 Å². The predicted octanol–water partition coefficient (Wildman–Crippen LogP) is 3.50. The molecular weight excluding hydrogens is 308 g/mol. The lowest BCUT2D eigenvalue weighted by Gasteiger charge is -1.99. The van der Waals surface area contributed by atoms with Crippen LogP contribution < -0.4 is 5.43 Å². The second-order valence-electron chi connectivity index (χ2n) is 5.24. The van der Waals surface area contributed by atoms with Crippen molar-refractivity contribution in [3.63, 3.8) is 0 Å². The quantitative estimate of drug-likeness (QED) is 0.589. The van der Waals surface area contributed by atoms with Crippen LogP contribution >= 0.6 is 11.3 Å². The molecule has 0 aliphatic heterocycles. The molecule has 0 spiro atoms. The number of aryl methyl sites for hydroxylation is 2. The van der Waals surface area contributed by atoms with Crippen LogP contribution in [-0.4, -0.2) is 21.9 Å². The number of hydrogen-bond donors (Lipinski definition) is 1. The molecule has 6 heteroatoms. The molecule has 0 radical (unpaired) electrons. The summed E-state index contributed by atoms with van der Waals surface area (Å²) >= 11 is 1.56. The van der Waals surface area contributed by atoms with E-state index in [9.17, 15) is 4.79 Å². The van der Waals surface area contributed by atoms with E-state index in [2.05, 4.69) is 15.6 Å². The van der Waals surface area contributed by atoms with E-state index in [0.29, 0.717) is 5.56 Å². The summed E-state index contributed by atoms with van der Waals surface area (Å²) in [6.45, 7) is 6.80. The van der Waals surface area contributed by atoms with Crippen LogP contribution in [0.2, 0.25) is 0 Å². The molecule has 0 atom stereocenters. The highest BCUT2D eigenvalue weighted by atomic mass is 32.1. The third-order valence-electron chi connectivity index (χ3n) is 3.82. The topological polar surface area (TPSA) is 59.3 Å². The zero-order chi connectivity index (χ0) is 16.4. The summed E-state index contributed by atoms with van der Waals surface area (Å²) < 4.78 is 3.02. The fourth-order valence-electron chi connectivity index (χ4n) is 2.57. The van der Waals surface area contributed by atoms with Crippen molar-refractivity contribution in [3.05, 3.63) is 52.2 Å². The first kappa shape index (κ1) is 15.4. The van der Waals surface area contributed by atoms with Gasteiger partial charge in [-0.3, -0.25) is 9.48 Å². The molecule has 0 saturated carbocycles. The highest BCUT2D eigenvalue weighted by molar-refractivity contribution is 7.17. The average Bonchev–Trinajstić information content (AvgIpc) is 3.10. The number of hydrogen-bond acceptors (Lipinski definition) is 4. The van der Waals surface area contributed by atoms with E-state index >= 15 is 0 Å². The van der Waals surface area contributed by atoms with Crippen molar-refractivity contribution >= 4 is 33.5 Å². The molecule has 118 valence electrons. The molecule has 0 saturated heterocycles. The lowest BCUT2D eigenvalue weighted by Crippen LogP contribution is -2.17. The summed E-state index contributed by atoms with van der Waals surface area (Å²) in [5.41, 5.74) is 6.16. The van der Waals surface area contributed by atoms with E-state index in [0.717, 1.165) is 33.6 Å². The van der Waals surface area contributed by atoms with Crippen molar-refractivity contribution in [1.82, 2.24) is 15.2 Å². The first-order valence-corrected chi connectivity index (χ1v) is 8.33. The van der Waals surface area contributed by atoms with Crippen molar-refractivity contribution < 1.29 is 4.79 Å². The van der Waals surface area contributed by atoms with Crippen molar-refractivity contribution in [2.75, 3.05) is 0 Å². The van der Waals surface area contributed by atoms with Crippen LogP contribution in [0.15, 0.2) is 34.7 Å². The van der Waals surface area contributed by atoms with Gasteiger partial charge < -0.3 is 0 Å². The number of carbonyl (C=O) groups excluding carboxylic acids is 1. The molecule has 5 nitrogen and oxygen atoms in total. The first-order chi connectivity index (χ1) is 11.1. The fraction of sp³-hybridized carbons (Fsp3) is 0.235. The molecule has 23 heavy (non-hydrogen) atoms. The molecular formula is C17H18N4OS. The van der Waals surface area contributed by atoms with E-state index in [1.54, 1.807) is 17.6 Å². The van der Waals surface area contributed by atoms with Gasteiger partial charge >= 0.3 is 0 Å². The Morgan fingerprint density at radius 1 is 1.39 bits per heavy atom.